The van der Waals surface area contributed by atoms with Crippen molar-refractivity contribution in [2.45, 2.75) is 19.4 Å². The summed E-state index contributed by atoms with van der Waals surface area (Å²) in [6.45, 7) is -0.0762. The van der Waals surface area contributed by atoms with E-state index in [9.17, 15) is 9.59 Å². The van der Waals surface area contributed by atoms with Gasteiger partial charge in [0.25, 0.3) is 5.91 Å². The zero-order valence-electron chi connectivity index (χ0n) is 14.4. The third-order valence-electron chi connectivity index (χ3n) is 3.77. The number of carbonyl (C=O) groups excluding carboxylic acids is 2. The van der Waals surface area contributed by atoms with E-state index >= 15 is 0 Å². The average molecular weight is 404 g/mol. The Balaban J connectivity index is 1.39. The molecule has 3 aromatic rings. The van der Waals surface area contributed by atoms with Gasteiger partial charge in [-0.1, -0.05) is 17.7 Å². The van der Waals surface area contributed by atoms with Crippen LogP contribution in [0.2, 0.25) is 5.02 Å². The van der Waals surface area contributed by atoms with Crippen molar-refractivity contribution < 1.29 is 18.7 Å². The molecule has 0 aliphatic heterocycles. The Kier molecular flexibility index (Phi) is 6.68. The summed E-state index contributed by atoms with van der Waals surface area (Å²) in [4.78, 5) is 24.6. The summed E-state index contributed by atoms with van der Waals surface area (Å²) in [6.07, 6.45) is 0.883. The largest absolute Gasteiger partial charge is 0.459 e. The molecule has 1 aromatic carbocycles. The lowest BCUT2D eigenvalue weighted by Gasteiger charge is -2.05. The second-order valence-corrected chi connectivity index (χ2v) is 7.26. The van der Waals surface area contributed by atoms with Gasteiger partial charge in [0, 0.05) is 15.5 Å². The maximum Gasteiger partial charge on any atom is 0.306 e. The fraction of sp³-hybridized carbons (Fsp3) is 0.200. The van der Waals surface area contributed by atoms with Gasteiger partial charge in [0.2, 0.25) is 0 Å². The van der Waals surface area contributed by atoms with Crippen LogP contribution in [0.1, 0.15) is 17.1 Å². The average Bonchev–Trinajstić information content (AvgIpc) is 3.35. The Morgan fingerprint density at radius 2 is 1.93 bits per heavy atom. The molecule has 0 saturated carbocycles. The number of esters is 1. The van der Waals surface area contributed by atoms with Crippen molar-refractivity contribution in [1.82, 2.24) is 5.32 Å². The third-order valence-corrected chi connectivity index (χ3v) is 4.96. The van der Waals surface area contributed by atoms with Gasteiger partial charge in [-0.2, -0.15) is 0 Å². The van der Waals surface area contributed by atoms with Crippen molar-refractivity contribution in [2.75, 3.05) is 6.61 Å². The summed E-state index contributed by atoms with van der Waals surface area (Å²) in [7, 11) is 0. The Bertz CT molecular complexity index is 887. The summed E-state index contributed by atoms with van der Waals surface area (Å²) in [5.41, 5.74) is 0.900. The van der Waals surface area contributed by atoms with E-state index in [1.54, 1.807) is 29.5 Å². The fourth-order valence-corrected chi connectivity index (χ4v) is 3.21. The maximum absolute atomic E-state index is 11.8. The number of hydrogen-bond acceptors (Lipinski definition) is 5. The molecule has 27 heavy (non-hydrogen) atoms. The molecule has 0 bridgehead atoms. The van der Waals surface area contributed by atoms with E-state index in [-0.39, 0.29) is 31.4 Å². The fourth-order valence-electron chi connectivity index (χ4n) is 2.38. The molecule has 0 saturated heterocycles. The number of thiophene rings is 1. The smallest absolute Gasteiger partial charge is 0.306 e. The molecule has 2 heterocycles. The lowest BCUT2D eigenvalue weighted by molar-refractivity contribution is -0.148. The number of nitrogens with one attached hydrogen (secondary N) is 1. The first-order valence-corrected chi connectivity index (χ1v) is 9.65. The monoisotopic (exact) mass is 403 g/mol. The highest BCUT2D eigenvalue weighted by Crippen LogP contribution is 2.23. The lowest BCUT2D eigenvalue weighted by Crippen LogP contribution is -2.28. The van der Waals surface area contributed by atoms with Crippen LogP contribution in [0.25, 0.3) is 11.3 Å². The van der Waals surface area contributed by atoms with Crippen molar-refractivity contribution in [3.05, 3.63) is 69.6 Å². The van der Waals surface area contributed by atoms with Gasteiger partial charge in [-0.3, -0.25) is 9.59 Å². The van der Waals surface area contributed by atoms with Gasteiger partial charge in [0.1, 0.15) is 11.5 Å². The Morgan fingerprint density at radius 3 is 2.67 bits per heavy atom. The first-order valence-electron chi connectivity index (χ1n) is 8.39. The highest BCUT2D eigenvalue weighted by Gasteiger charge is 2.10. The minimum Gasteiger partial charge on any atom is -0.459 e. The van der Waals surface area contributed by atoms with Crippen LogP contribution in [-0.2, 0) is 27.3 Å². The molecule has 0 unspecified atom stereocenters. The molecule has 140 valence electrons. The summed E-state index contributed by atoms with van der Waals surface area (Å²) in [5.74, 6) is 0.540. The van der Waals surface area contributed by atoms with Gasteiger partial charge < -0.3 is 14.5 Å². The van der Waals surface area contributed by atoms with Gasteiger partial charge in [-0.25, -0.2) is 0 Å². The molecule has 5 nitrogen and oxygen atoms in total. The second-order valence-electron chi connectivity index (χ2n) is 5.79. The Labute approximate surface area is 165 Å². The van der Waals surface area contributed by atoms with Gasteiger partial charge >= 0.3 is 5.97 Å². The standard InChI is InChI=1S/C20H18ClNO4S/c21-15-5-3-14(4-6-15)18-9-7-16(26-18)12-22-19(23)13-25-20(24)10-8-17-2-1-11-27-17/h1-7,9,11H,8,10,12-13H2,(H,22,23). The molecule has 2 aromatic heterocycles. The quantitative estimate of drug-likeness (QED) is 0.564. The Hall–Kier alpha value is -2.57. The normalized spacial score (nSPS) is 10.6. The van der Waals surface area contributed by atoms with E-state index in [0.717, 1.165) is 10.4 Å². The van der Waals surface area contributed by atoms with Crippen molar-refractivity contribution in [1.29, 1.82) is 0 Å². The molecule has 0 aliphatic carbocycles. The molecule has 7 heteroatoms. The second kappa shape index (κ2) is 9.39. The highest BCUT2D eigenvalue weighted by molar-refractivity contribution is 7.09. The van der Waals surface area contributed by atoms with Crippen LogP contribution in [0.4, 0.5) is 0 Å². The molecule has 0 atom stereocenters. The lowest BCUT2D eigenvalue weighted by atomic mass is 10.2. The van der Waals surface area contributed by atoms with Crippen LogP contribution in [-0.4, -0.2) is 18.5 Å². The van der Waals surface area contributed by atoms with E-state index < -0.39 is 0 Å². The van der Waals surface area contributed by atoms with Crippen molar-refractivity contribution in [3.8, 4) is 11.3 Å². The van der Waals surface area contributed by atoms with Crippen molar-refractivity contribution >= 4 is 34.8 Å². The number of carbonyl (C=O) groups is 2. The van der Waals surface area contributed by atoms with E-state index in [4.69, 9.17) is 20.8 Å². The predicted octanol–water partition coefficient (Wildman–Crippen LogP) is 4.45. The van der Waals surface area contributed by atoms with E-state index in [2.05, 4.69) is 5.32 Å². The zero-order valence-corrected chi connectivity index (χ0v) is 16.0. The van der Waals surface area contributed by atoms with Crippen LogP contribution >= 0.6 is 22.9 Å². The molecule has 0 radical (unpaired) electrons. The summed E-state index contributed by atoms with van der Waals surface area (Å²) < 4.78 is 10.7. The molecular weight excluding hydrogens is 386 g/mol. The summed E-state index contributed by atoms with van der Waals surface area (Å²) in [5, 5.41) is 5.28. The molecule has 0 spiro atoms. The van der Waals surface area contributed by atoms with Crippen molar-refractivity contribution in [3.63, 3.8) is 0 Å². The molecule has 1 amide bonds. The van der Waals surface area contributed by atoms with E-state index in [1.165, 1.54) is 0 Å². The maximum atomic E-state index is 11.8. The summed E-state index contributed by atoms with van der Waals surface area (Å²) in [6, 6.07) is 14.8. The van der Waals surface area contributed by atoms with Crippen LogP contribution in [0.5, 0.6) is 0 Å². The van der Waals surface area contributed by atoms with E-state index in [1.807, 2.05) is 35.7 Å². The molecule has 1 N–H and O–H groups in total. The number of hydrogen-bond donors (Lipinski definition) is 1. The predicted molar refractivity (Wildman–Crippen MR) is 105 cm³/mol. The highest BCUT2D eigenvalue weighted by atomic mass is 35.5. The van der Waals surface area contributed by atoms with Crippen LogP contribution in [0, 0.1) is 0 Å². The van der Waals surface area contributed by atoms with Gasteiger partial charge in [-0.05, 0) is 54.3 Å². The van der Waals surface area contributed by atoms with Gasteiger partial charge in [0.05, 0.1) is 13.0 Å². The minimum absolute atomic E-state index is 0.221. The molecular formula is C20H18ClNO4S. The molecule has 0 fully saturated rings. The number of amides is 1. The van der Waals surface area contributed by atoms with Crippen molar-refractivity contribution in [2.24, 2.45) is 0 Å². The van der Waals surface area contributed by atoms with Crippen LogP contribution < -0.4 is 5.32 Å². The number of benzene rings is 1. The number of rotatable bonds is 8. The zero-order chi connectivity index (χ0) is 19.1. The molecule has 0 aliphatic rings. The van der Waals surface area contributed by atoms with Gasteiger partial charge in [-0.15, -0.1) is 11.3 Å². The first-order chi connectivity index (χ1) is 13.1. The SMILES string of the molecule is O=C(COC(=O)CCc1cccs1)NCc1ccc(-c2ccc(Cl)cc2)o1. The van der Waals surface area contributed by atoms with E-state index in [0.29, 0.717) is 23.0 Å². The number of aryl methyl sites for hydroxylation is 1. The number of halogens is 1. The topological polar surface area (TPSA) is 68.5 Å². The Morgan fingerprint density at radius 1 is 1.11 bits per heavy atom. The first kappa shape index (κ1) is 19.2. The number of furan rings is 1. The molecule has 3 rings (SSSR count). The summed E-state index contributed by atoms with van der Waals surface area (Å²) >= 11 is 7.47. The third kappa shape index (κ3) is 5.98. The van der Waals surface area contributed by atoms with Gasteiger partial charge in [0.15, 0.2) is 6.61 Å². The van der Waals surface area contributed by atoms with Crippen LogP contribution in [0.15, 0.2) is 58.3 Å². The number of ether oxygens (including phenoxy) is 1. The minimum atomic E-state index is -0.387. The van der Waals surface area contributed by atoms with Crippen LogP contribution in [0.3, 0.4) is 0 Å².